The van der Waals surface area contributed by atoms with Gasteiger partial charge in [-0.05, 0) is 6.42 Å². The summed E-state index contributed by atoms with van der Waals surface area (Å²) in [6.07, 6.45) is 4.24. The second-order valence-electron chi connectivity index (χ2n) is 5.28. The molecule has 2 atom stereocenters. The van der Waals surface area contributed by atoms with Crippen molar-refractivity contribution in [1.29, 1.82) is 0 Å². The molecule has 15 heavy (non-hydrogen) atoms. The third-order valence-electron chi connectivity index (χ3n) is 3.30. The Morgan fingerprint density at radius 1 is 1.40 bits per heavy atom. The second-order valence-corrected chi connectivity index (χ2v) is 10.4. The fraction of sp³-hybridized carbons (Fsp3) is 1.00. The first kappa shape index (κ1) is 13.2. The molecule has 0 saturated carbocycles. The number of ether oxygens (including phenoxy) is 2. The molecule has 0 amide bonds. The second kappa shape index (κ2) is 6.02. The average Bonchev–Trinajstić information content (AvgIpc) is 2.99. The van der Waals surface area contributed by atoms with E-state index < -0.39 is 8.07 Å². The third-order valence-corrected chi connectivity index (χ3v) is 7.26. The Hall–Kier alpha value is 0.137. The molecule has 0 bridgehead atoms. The van der Waals surface area contributed by atoms with Crippen molar-refractivity contribution in [1.82, 2.24) is 0 Å². The molecule has 2 unspecified atom stereocenters. The van der Waals surface area contributed by atoms with Crippen molar-refractivity contribution in [3.63, 3.8) is 0 Å². The van der Waals surface area contributed by atoms with E-state index in [1.54, 1.807) is 0 Å². The van der Waals surface area contributed by atoms with Gasteiger partial charge in [-0.2, -0.15) is 0 Å². The molecule has 1 saturated heterocycles. The SMILES string of the molecule is CCCC[Si](C)(C)C(CC)OCC1CO1. The molecule has 1 heterocycles. The number of epoxide rings is 1. The van der Waals surface area contributed by atoms with Crippen LogP contribution in [0, 0.1) is 0 Å². The van der Waals surface area contributed by atoms with Gasteiger partial charge in [0, 0.05) is 5.73 Å². The van der Waals surface area contributed by atoms with Crippen LogP contribution >= 0.6 is 0 Å². The zero-order chi connectivity index (χ0) is 11.3. The number of hydrogen-bond acceptors (Lipinski definition) is 2. The minimum Gasteiger partial charge on any atom is -0.379 e. The lowest BCUT2D eigenvalue weighted by atomic mass is 10.4. The summed E-state index contributed by atoms with van der Waals surface area (Å²) in [5.41, 5.74) is 0.522. The van der Waals surface area contributed by atoms with Crippen molar-refractivity contribution in [2.45, 2.75) is 64.1 Å². The molecule has 0 radical (unpaired) electrons. The molecule has 3 heteroatoms. The smallest absolute Gasteiger partial charge is 0.104 e. The van der Waals surface area contributed by atoms with Gasteiger partial charge in [-0.1, -0.05) is 45.8 Å². The lowest BCUT2D eigenvalue weighted by Gasteiger charge is -2.31. The average molecular weight is 230 g/mol. The molecule has 1 fully saturated rings. The fourth-order valence-electron chi connectivity index (χ4n) is 2.08. The monoisotopic (exact) mass is 230 g/mol. The van der Waals surface area contributed by atoms with Crippen LogP contribution in [0.4, 0.5) is 0 Å². The van der Waals surface area contributed by atoms with E-state index >= 15 is 0 Å². The summed E-state index contributed by atoms with van der Waals surface area (Å²) < 4.78 is 11.2. The van der Waals surface area contributed by atoms with Crippen LogP contribution < -0.4 is 0 Å². The molecule has 0 N–H and O–H groups in total. The largest absolute Gasteiger partial charge is 0.379 e. The molecule has 90 valence electrons. The Labute approximate surface area is 95.4 Å². The summed E-state index contributed by atoms with van der Waals surface area (Å²) in [4.78, 5) is 0. The third kappa shape index (κ3) is 4.66. The highest BCUT2D eigenvalue weighted by Crippen LogP contribution is 2.23. The van der Waals surface area contributed by atoms with E-state index in [4.69, 9.17) is 9.47 Å². The fourth-order valence-corrected chi connectivity index (χ4v) is 5.32. The number of hydrogen-bond donors (Lipinski definition) is 0. The molecular formula is C12H26O2Si. The quantitative estimate of drug-likeness (QED) is 0.472. The van der Waals surface area contributed by atoms with Gasteiger partial charge in [-0.15, -0.1) is 0 Å². The summed E-state index contributed by atoms with van der Waals surface area (Å²) in [6.45, 7) is 11.2. The Bertz CT molecular complexity index is 178. The first-order valence-corrected chi connectivity index (χ1v) is 9.61. The highest BCUT2D eigenvalue weighted by molar-refractivity contribution is 6.78. The van der Waals surface area contributed by atoms with Crippen LogP contribution in [0.1, 0.15) is 33.1 Å². The predicted octanol–water partition coefficient (Wildman–Crippen LogP) is 3.23. The normalized spacial score (nSPS) is 22.8. The lowest BCUT2D eigenvalue weighted by Crippen LogP contribution is -2.43. The Kier molecular flexibility index (Phi) is 5.30. The van der Waals surface area contributed by atoms with Crippen LogP contribution in [-0.4, -0.2) is 33.1 Å². The van der Waals surface area contributed by atoms with E-state index in [9.17, 15) is 0 Å². The van der Waals surface area contributed by atoms with Crippen LogP contribution in [0.3, 0.4) is 0 Å². The molecule has 0 aliphatic carbocycles. The van der Waals surface area contributed by atoms with Crippen molar-refractivity contribution in [3.8, 4) is 0 Å². The Morgan fingerprint density at radius 2 is 2.07 bits per heavy atom. The van der Waals surface area contributed by atoms with E-state index in [1.807, 2.05) is 0 Å². The maximum absolute atomic E-state index is 6.01. The van der Waals surface area contributed by atoms with Crippen LogP contribution in [0.15, 0.2) is 0 Å². The van der Waals surface area contributed by atoms with Crippen LogP contribution in [-0.2, 0) is 9.47 Å². The van der Waals surface area contributed by atoms with Crippen LogP contribution in [0.25, 0.3) is 0 Å². The predicted molar refractivity (Wildman–Crippen MR) is 67.0 cm³/mol. The van der Waals surface area contributed by atoms with Gasteiger partial charge in [0.25, 0.3) is 0 Å². The van der Waals surface area contributed by atoms with Crippen molar-refractivity contribution in [2.24, 2.45) is 0 Å². The van der Waals surface area contributed by atoms with E-state index in [2.05, 4.69) is 26.9 Å². The van der Waals surface area contributed by atoms with E-state index in [1.165, 1.54) is 18.9 Å². The van der Waals surface area contributed by atoms with Gasteiger partial charge in [0.05, 0.1) is 21.3 Å². The molecule has 0 aromatic heterocycles. The minimum atomic E-state index is -1.17. The number of unbranched alkanes of at least 4 members (excludes halogenated alkanes) is 1. The van der Waals surface area contributed by atoms with Crippen molar-refractivity contribution in [3.05, 3.63) is 0 Å². The highest BCUT2D eigenvalue weighted by Gasteiger charge is 2.33. The van der Waals surface area contributed by atoms with Crippen LogP contribution in [0.5, 0.6) is 0 Å². The summed E-state index contributed by atoms with van der Waals surface area (Å²) in [5.74, 6) is 0. The maximum atomic E-state index is 6.01. The molecule has 1 rings (SSSR count). The van der Waals surface area contributed by atoms with Gasteiger partial charge in [0.15, 0.2) is 0 Å². The van der Waals surface area contributed by atoms with Gasteiger partial charge in [0.2, 0.25) is 0 Å². The zero-order valence-corrected chi connectivity index (χ0v) is 11.7. The van der Waals surface area contributed by atoms with E-state index in [-0.39, 0.29) is 0 Å². The van der Waals surface area contributed by atoms with Gasteiger partial charge in [-0.25, -0.2) is 0 Å². The van der Waals surface area contributed by atoms with Gasteiger partial charge in [-0.3, -0.25) is 0 Å². The highest BCUT2D eigenvalue weighted by atomic mass is 28.3. The molecular weight excluding hydrogens is 204 g/mol. The van der Waals surface area contributed by atoms with E-state index in [0.29, 0.717) is 11.8 Å². The lowest BCUT2D eigenvalue weighted by molar-refractivity contribution is 0.0824. The molecule has 2 nitrogen and oxygen atoms in total. The van der Waals surface area contributed by atoms with Crippen molar-refractivity contribution in [2.75, 3.05) is 13.2 Å². The molecule has 1 aliphatic rings. The number of rotatable bonds is 8. The maximum Gasteiger partial charge on any atom is 0.104 e. The summed E-state index contributed by atoms with van der Waals surface area (Å²) in [5, 5.41) is 0. The van der Waals surface area contributed by atoms with Gasteiger partial charge < -0.3 is 9.47 Å². The summed E-state index contributed by atoms with van der Waals surface area (Å²) >= 11 is 0. The van der Waals surface area contributed by atoms with Gasteiger partial charge in [0.1, 0.15) is 6.10 Å². The minimum absolute atomic E-state index is 0.412. The molecule has 0 spiro atoms. The van der Waals surface area contributed by atoms with Crippen LogP contribution in [0.2, 0.25) is 19.1 Å². The van der Waals surface area contributed by atoms with E-state index in [0.717, 1.165) is 19.6 Å². The first-order valence-electron chi connectivity index (χ1n) is 6.33. The standard InChI is InChI=1S/C12H26O2Si/c1-5-7-8-15(3,4)12(6-2)14-10-11-9-13-11/h11-12H,5-10H2,1-4H3. The zero-order valence-electron chi connectivity index (χ0n) is 10.7. The van der Waals surface area contributed by atoms with Gasteiger partial charge >= 0.3 is 0 Å². The van der Waals surface area contributed by atoms with Crippen molar-refractivity contribution >= 4 is 8.07 Å². The Balaban J connectivity index is 2.31. The Morgan fingerprint density at radius 3 is 2.53 bits per heavy atom. The summed E-state index contributed by atoms with van der Waals surface area (Å²) in [6, 6.07) is 1.40. The topological polar surface area (TPSA) is 21.8 Å². The molecule has 0 aromatic carbocycles. The first-order chi connectivity index (χ1) is 7.10. The molecule has 1 aliphatic heterocycles. The molecule has 0 aromatic rings. The summed E-state index contributed by atoms with van der Waals surface area (Å²) in [7, 11) is -1.17. The van der Waals surface area contributed by atoms with Crippen molar-refractivity contribution < 1.29 is 9.47 Å².